The van der Waals surface area contributed by atoms with Crippen molar-refractivity contribution in [3.63, 3.8) is 0 Å². The van der Waals surface area contributed by atoms with Gasteiger partial charge in [0.05, 0.1) is 11.7 Å². The molecule has 1 aliphatic carbocycles. The topological polar surface area (TPSA) is 60.9 Å². The molecule has 4 nitrogen and oxygen atoms in total. The number of hydrogen-bond acceptors (Lipinski definition) is 3. The number of benzene rings is 1. The second kappa shape index (κ2) is 5.36. The van der Waals surface area contributed by atoms with Crippen LogP contribution in [0.2, 0.25) is 0 Å². The lowest BCUT2D eigenvalue weighted by Crippen LogP contribution is -2.22. The number of aromatic nitrogens is 2. The summed E-state index contributed by atoms with van der Waals surface area (Å²) < 4.78 is 1.90. The minimum Gasteiger partial charge on any atom is -0.327 e. The number of nitrogens with two attached hydrogens (primary N) is 1. The smallest absolute Gasteiger partial charge is 0.167 e. The first-order valence-corrected chi connectivity index (χ1v) is 7.77. The van der Waals surface area contributed by atoms with Crippen LogP contribution in [0.4, 0.5) is 0 Å². The molecule has 0 radical (unpaired) electrons. The number of carbonyl (C=O) groups is 1. The molecular formula is C18H23N3O. The van der Waals surface area contributed by atoms with Crippen LogP contribution in [0.5, 0.6) is 0 Å². The molecule has 3 rings (SSSR count). The van der Waals surface area contributed by atoms with Gasteiger partial charge in [-0.3, -0.25) is 9.48 Å². The van der Waals surface area contributed by atoms with Crippen LogP contribution in [0.25, 0.3) is 0 Å². The average Bonchev–Trinajstić information content (AvgIpc) is 2.99. The zero-order valence-corrected chi connectivity index (χ0v) is 13.4. The van der Waals surface area contributed by atoms with Gasteiger partial charge in [0.2, 0.25) is 0 Å². The van der Waals surface area contributed by atoms with E-state index in [1.807, 2.05) is 29.1 Å². The van der Waals surface area contributed by atoms with Gasteiger partial charge in [0.25, 0.3) is 0 Å². The Kier molecular flexibility index (Phi) is 3.65. The highest BCUT2D eigenvalue weighted by Crippen LogP contribution is 2.39. The van der Waals surface area contributed by atoms with Gasteiger partial charge in [0.15, 0.2) is 5.78 Å². The van der Waals surface area contributed by atoms with E-state index < -0.39 is 0 Å². The van der Waals surface area contributed by atoms with Crippen molar-refractivity contribution < 1.29 is 4.79 Å². The van der Waals surface area contributed by atoms with Gasteiger partial charge in [-0.25, -0.2) is 0 Å². The zero-order valence-electron chi connectivity index (χ0n) is 13.4. The van der Waals surface area contributed by atoms with Crippen LogP contribution in [-0.4, -0.2) is 21.6 Å². The number of ketones is 1. The summed E-state index contributed by atoms with van der Waals surface area (Å²) in [6, 6.07) is 8.15. The van der Waals surface area contributed by atoms with E-state index in [0.29, 0.717) is 12.3 Å². The molecule has 2 atom stereocenters. The van der Waals surface area contributed by atoms with Crippen molar-refractivity contribution in [2.24, 2.45) is 5.73 Å². The van der Waals surface area contributed by atoms with Gasteiger partial charge in [0, 0.05) is 30.1 Å². The fourth-order valence-electron chi connectivity index (χ4n) is 2.65. The van der Waals surface area contributed by atoms with Crippen LogP contribution in [0.1, 0.15) is 54.6 Å². The van der Waals surface area contributed by atoms with Crippen LogP contribution >= 0.6 is 0 Å². The van der Waals surface area contributed by atoms with Gasteiger partial charge in [-0.15, -0.1) is 0 Å². The van der Waals surface area contributed by atoms with Crippen LogP contribution in [0, 0.1) is 0 Å². The normalized spacial score (nSPS) is 20.9. The third-order valence-electron chi connectivity index (χ3n) is 4.16. The predicted octanol–water partition coefficient (Wildman–Crippen LogP) is 2.88. The number of Topliss-reactive ketones (excluding diaryl/α,β-unsaturated/α-hetero) is 1. The minimum absolute atomic E-state index is 0.0661. The van der Waals surface area contributed by atoms with Crippen molar-refractivity contribution in [2.75, 3.05) is 0 Å². The standard InChI is InChI=1S/C18H23N3O/c1-18(2,3)21-11-12(10-20-21)7-17(22)14-6-4-5-13(8-14)15-9-16(15)19/h4-6,8,10-11,15-16H,7,9,19H2,1-3H3. The van der Waals surface area contributed by atoms with Gasteiger partial charge in [-0.05, 0) is 44.4 Å². The van der Waals surface area contributed by atoms with Gasteiger partial charge in [-0.2, -0.15) is 5.10 Å². The van der Waals surface area contributed by atoms with E-state index in [4.69, 9.17) is 5.73 Å². The maximum atomic E-state index is 12.5. The van der Waals surface area contributed by atoms with Crippen molar-refractivity contribution in [3.8, 4) is 0 Å². The molecule has 1 saturated carbocycles. The number of carbonyl (C=O) groups excluding carboxylic acids is 1. The molecule has 22 heavy (non-hydrogen) atoms. The molecule has 2 aromatic rings. The summed E-state index contributed by atoms with van der Waals surface area (Å²) in [7, 11) is 0. The molecule has 1 heterocycles. The lowest BCUT2D eigenvalue weighted by molar-refractivity contribution is 0.0993. The third-order valence-corrected chi connectivity index (χ3v) is 4.16. The monoisotopic (exact) mass is 297 g/mol. The van der Waals surface area contributed by atoms with Crippen molar-refractivity contribution in [3.05, 3.63) is 53.3 Å². The lowest BCUT2D eigenvalue weighted by Gasteiger charge is -2.18. The van der Waals surface area contributed by atoms with Gasteiger partial charge < -0.3 is 5.73 Å². The molecule has 4 heteroatoms. The Bertz CT molecular complexity index is 696. The van der Waals surface area contributed by atoms with Crippen LogP contribution in [0.15, 0.2) is 36.7 Å². The third kappa shape index (κ3) is 3.12. The molecule has 0 bridgehead atoms. The molecule has 116 valence electrons. The first-order chi connectivity index (χ1) is 10.3. The van der Waals surface area contributed by atoms with E-state index in [0.717, 1.165) is 17.5 Å². The molecule has 1 fully saturated rings. The highest BCUT2D eigenvalue weighted by Gasteiger charge is 2.34. The zero-order chi connectivity index (χ0) is 15.9. The Morgan fingerprint density at radius 1 is 1.41 bits per heavy atom. The van der Waals surface area contributed by atoms with E-state index in [9.17, 15) is 4.79 Å². The Labute approximate surface area is 131 Å². The van der Waals surface area contributed by atoms with Gasteiger partial charge in [-0.1, -0.05) is 18.2 Å². The molecule has 0 amide bonds. The summed E-state index contributed by atoms with van der Waals surface area (Å²) >= 11 is 0. The largest absolute Gasteiger partial charge is 0.327 e. The first-order valence-electron chi connectivity index (χ1n) is 7.77. The Morgan fingerprint density at radius 3 is 2.73 bits per heavy atom. The molecule has 2 N–H and O–H groups in total. The highest BCUT2D eigenvalue weighted by atomic mass is 16.1. The highest BCUT2D eigenvalue weighted by molar-refractivity contribution is 5.97. The Morgan fingerprint density at radius 2 is 2.14 bits per heavy atom. The average molecular weight is 297 g/mol. The van der Waals surface area contributed by atoms with Crippen molar-refractivity contribution in [1.82, 2.24) is 9.78 Å². The second-order valence-electron chi connectivity index (χ2n) is 7.20. The molecule has 1 aromatic carbocycles. The van der Waals surface area contributed by atoms with E-state index in [-0.39, 0.29) is 17.4 Å². The summed E-state index contributed by atoms with van der Waals surface area (Å²) in [5.74, 6) is 0.556. The maximum Gasteiger partial charge on any atom is 0.167 e. The minimum atomic E-state index is -0.0661. The molecule has 1 aliphatic rings. The first kappa shape index (κ1) is 15.0. The number of nitrogens with zero attached hydrogens (tertiary/aromatic N) is 2. The van der Waals surface area contributed by atoms with Crippen molar-refractivity contribution >= 4 is 5.78 Å². The van der Waals surface area contributed by atoms with E-state index >= 15 is 0 Å². The Hall–Kier alpha value is -1.94. The SMILES string of the molecule is CC(C)(C)n1cc(CC(=O)c2cccc(C3CC3N)c2)cn1. The second-order valence-corrected chi connectivity index (χ2v) is 7.20. The summed E-state index contributed by atoms with van der Waals surface area (Å²) in [5.41, 5.74) is 8.73. The predicted molar refractivity (Wildman–Crippen MR) is 87.0 cm³/mol. The molecular weight excluding hydrogens is 274 g/mol. The maximum absolute atomic E-state index is 12.5. The van der Waals surface area contributed by atoms with Crippen molar-refractivity contribution in [2.45, 2.75) is 51.1 Å². The molecule has 1 aromatic heterocycles. The summed E-state index contributed by atoms with van der Waals surface area (Å²) in [6.45, 7) is 6.27. The molecule has 2 unspecified atom stereocenters. The lowest BCUT2D eigenvalue weighted by atomic mass is 10.0. The van der Waals surface area contributed by atoms with Crippen LogP contribution in [-0.2, 0) is 12.0 Å². The van der Waals surface area contributed by atoms with Gasteiger partial charge in [0.1, 0.15) is 0 Å². The van der Waals surface area contributed by atoms with E-state index in [1.54, 1.807) is 6.20 Å². The fraction of sp³-hybridized carbons (Fsp3) is 0.444. The summed E-state index contributed by atoms with van der Waals surface area (Å²) in [6.07, 6.45) is 5.15. The van der Waals surface area contributed by atoms with Crippen LogP contribution < -0.4 is 5.73 Å². The van der Waals surface area contributed by atoms with Crippen molar-refractivity contribution in [1.29, 1.82) is 0 Å². The fourth-order valence-corrected chi connectivity index (χ4v) is 2.65. The molecule has 0 saturated heterocycles. The quantitative estimate of drug-likeness (QED) is 0.883. The molecule has 0 spiro atoms. The Balaban J connectivity index is 1.73. The molecule has 0 aliphatic heterocycles. The summed E-state index contributed by atoms with van der Waals surface area (Å²) in [4.78, 5) is 12.5. The van der Waals surface area contributed by atoms with E-state index in [1.165, 1.54) is 5.56 Å². The van der Waals surface area contributed by atoms with E-state index in [2.05, 4.69) is 31.9 Å². The van der Waals surface area contributed by atoms with Gasteiger partial charge >= 0.3 is 0 Å². The van der Waals surface area contributed by atoms with Crippen LogP contribution in [0.3, 0.4) is 0 Å². The summed E-state index contributed by atoms with van der Waals surface area (Å²) in [5, 5.41) is 4.35. The number of hydrogen-bond donors (Lipinski definition) is 1. The number of rotatable bonds is 4.